The van der Waals surface area contributed by atoms with E-state index in [9.17, 15) is 13.2 Å². The van der Waals surface area contributed by atoms with Crippen LogP contribution in [0.3, 0.4) is 0 Å². The Kier molecular flexibility index (Phi) is 6.54. The van der Waals surface area contributed by atoms with Crippen LogP contribution in [0.2, 0.25) is 0 Å². The first-order chi connectivity index (χ1) is 16.1. The second-order valence-electron chi connectivity index (χ2n) is 9.98. The largest absolute Gasteiger partial charge is 0.354 e. The number of benzene rings is 3. The second-order valence-corrected chi connectivity index (χ2v) is 11.8. The maximum atomic E-state index is 13.8. The first-order valence-electron chi connectivity index (χ1n) is 11.6. The lowest BCUT2D eigenvalue weighted by atomic mass is 9.87. The SMILES string of the molecule is CC(CNC(=O)[C@@H]1Cc2ccccc2N1S(=O)(=O)c1ccc(C(C)(C)C)cc1)c1ccccc1. The minimum absolute atomic E-state index is 0.0829. The van der Waals surface area contributed by atoms with E-state index in [1.807, 2.05) is 67.6 Å². The van der Waals surface area contributed by atoms with Crippen LogP contribution < -0.4 is 9.62 Å². The highest BCUT2D eigenvalue weighted by Gasteiger charge is 2.42. The summed E-state index contributed by atoms with van der Waals surface area (Å²) in [5.74, 6) is -0.169. The third-order valence-electron chi connectivity index (χ3n) is 6.46. The molecule has 0 aromatic heterocycles. The molecule has 5 nitrogen and oxygen atoms in total. The molecule has 34 heavy (non-hydrogen) atoms. The van der Waals surface area contributed by atoms with E-state index in [4.69, 9.17) is 0 Å². The molecule has 1 amide bonds. The van der Waals surface area contributed by atoms with Crippen LogP contribution in [0.5, 0.6) is 0 Å². The van der Waals surface area contributed by atoms with Gasteiger partial charge >= 0.3 is 0 Å². The summed E-state index contributed by atoms with van der Waals surface area (Å²) in [5, 5.41) is 3.00. The third-order valence-corrected chi connectivity index (χ3v) is 8.29. The molecule has 0 bridgehead atoms. The number of amides is 1. The first kappa shape index (κ1) is 24.0. The molecule has 0 radical (unpaired) electrons. The molecule has 0 saturated carbocycles. The average Bonchev–Trinajstić information content (AvgIpc) is 3.23. The molecule has 1 aliphatic rings. The number of nitrogens with zero attached hydrogens (tertiary/aromatic N) is 1. The van der Waals surface area contributed by atoms with Gasteiger partial charge in [0.25, 0.3) is 10.0 Å². The fraction of sp³-hybridized carbons (Fsp3) is 0.321. The van der Waals surface area contributed by atoms with Crippen LogP contribution in [0.15, 0.2) is 83.8 Å². The van der Waals surface area contributed by atoms with E-state index in [0.29, 0.717) is 18.7 Å². The number of anilines is 1. The van der Waals surface area contributed by atoms with Gasteiger partial charge in [0.2, 0.25) is 5.91 Å². The van der Waals surface area contributed by atoms with Crippen LogP contribution in [0.1, 0.15) is 50.3 Å². The van der Waals surface area contributed by atoms with Gasteiger partial charge in [-0.1, -0.05) is 88.4 Å². The molecule has 1 N–H and O–H groups in total. The van der Waals surface area contributed by atoms with Crippen LogP contribution in [0.4, 0.5) is 5.69 Å². The Labute approximate surface area is 202 Å². The quantitative estimate of drug-likeness (QED) is 0.543. The molecule has 3 aromatic rings. The first-order valence-corrected chi connectivity index (χ1v) is 13.1. The number of nitrogens with one attached hydrogen (secondary N) is 1. The highest BCUT2D eigenvalue weighted by Crippen LogP contribution is 2.37. The van der Waals surface area contributed by atoms with Crippen LogP contribution in [0.25, 0.3) is 0 Å². The van der Waals surface area contributed by atoms with E-state index < -0.39 is 16.1 Å². The normalized spacial score (nSPS) is 16.7. The van der Waals surface area contributed by atoms with Crippen molar-refractivity contribution in [2.45, 2.75) is 56.4 Å². The van der Waals surface area contributed by atoms with Crippen molar-refractivity contribution in [3.63, 3.8) is 0 Å². The van der Waals surface area contributed by atoms with Crippen LogP contribution in [-0.2, 0) is 26.7 Å². The van der Waals surface area contributed by atoms with Gasteiger partial charge in [0.15, 0.2) is 0 Å². The average molecular weight is 477 g/mol. The Hall–Kier alpha value is -3.12. The second kappa shape index (κ2) is 9.26. The van der Waals surface area contributed by atoms with Crippen molar-refractivity contribution in [1.82, 2.24) is 5.32 Å². The summed E-state index contributed by atoms with van der Waals surface area (Å²) in [6.07, 6.45) is 0.348. The van der Waals surface area contributed by atoms with E-state index >= 15 is 0 Å². The fourth-order valence-corrected chi connectivity index (χ4v) is 6.01. The molecular weight excluding hydrogens is 444 g/mol. The number of hydrogen-bond donors (Lipinski definition) is 1. The van der Waals surface area contributed by atoms with Gasteiger partial charge in [0.1, 0.15) is 6.04 Å². The summed E-state index contributed by atoms with van der Waals surface area (Å²) in [4.78, 5) is 13.5. The molecule has 3 aromatic carbocycles. The minimum Gasteiger partial charge on any atom is -0.354 e. The summed E-state index contributed by atoms with van der Waals surface area (Å²) in [6, 6.07) is 23.5. The molecule has 0 fully saturated rings. The smallest absolute Gasteiger partial charge is 0.265 e. The topological polar surface area (TPSA) is 66.5 Å². The highest BCUT2D eigenvalue weighted by molar-refractivity contribution is 7.93. The molecule has 1 heterocycles. The van der Waals surface area contributed by atoms with Gasteiger partial charge in [0, 0.05) is 13.0 Å². The fourth-order valence-electron chi connectivity index (χ4n) is 4.37. The van der Waals surface area contributed by atoms with E-state index in [-0.39, 0.29) is 22.1 Å². The number of carbonyl (C=O) groups excluding carboxylic acids is 1. The number of para-hydroxylation sites is 1. The molecule has 1 aliphatic heterocycles. The molecule has 0 aliphatic carbocycles. The van der Waals surface area contributed by atoms with Crippen molar-refractivity contribution in [1.29, 1.82) is 0 Å². The lowest BCUT2D eigenvalue weighted by Gasteiger charge is -2.27. The zero-order valence-electron chi connectivity index (χ0n) is 20.2. The van der Waals surface area contributed by atoms with Crippen molar-refractivity contribution in [3.05, 3.63) is 95.6 Å². The third kappa shape index (κ3) is 4.73. The van der Waals surface area contributed by atoms with E-state index in [1.165, 1.54) is 4.31 Å². The van der Waals surface area contributed by atoms with Gasteiger partial charge in [-0.25, -0.2) is 8.42 Å². The number of fused-ring (bicyclic) bond motifs is 1. The van der Waals surface area contributed by atoms with Gasteiger partial charge in [-0.05, 0) is 46.2 Å². The lowest BCUT2D eigenvalue weighted by Crippen LogP contribution is -2.48. The van der Waals surface area contributed by atoms with Gasteiger partial charge in [-0.15, -0.1) is 0 Å². The summed E-state index contributed by atoms with van der Waals surface area (Å²) >= 11 is 0. The zero-order chi connectivity index (χ0) is 24.5. The molecule has 6 heteroatoms. The summed E-state index contributed by atoms with van der Waals surface area (Å²) in [5.41, 5.74) is 3.52. The molecule has 2 atom stereocenters. The van der Waals surface area contributed by atoms with Crippen LogP contribution >= 0.6 is 0 Å². The Morgan fingerprint density at radius 3 is 2.24 bits per heavy atom. The van der Waals surface area contributed by atoms with Crippen LogP contribution in [0, 0.1) is 0 Å². The summed E-state index contributed by atoms with van der Waals surface area (Å²) < 4.78 is 28.9. The predicted octanol–water partition coefficient (Wildman–Crippen LogP) is 5.02. The van der Waals surface area contributed by atoms with Crippen molar-refractivity contribution >= 4 is 21.6 Å². The summed E-state index contributed by atoms with van der Waals surface area (Å²) in [6.45, 7) is 8.74. The molecule has 0 saturated heterocycles. The summed E-state index contributed by atoms with van der Waals surface area (Å²) in [7, 11) is -3.93. The molecular formula is C28H32N2O3S. The van der Waals surface area contributed by atoms with Crippen molar-refractivity contribution < 1.29 is 13.2 Å². The number of sulfonamides is 1. The molecule has 0 spiro atoms. The van der Waals surface area contributed by atoms with Crippen molar-refractivity contribution in [3.8, 4) is 0 Å². The minimum atomic E-state index is -3.93. The Bertz CT molecular complexity index is 1260. The van der Waals surface area contributed by atoms with Crippen molar-refractivity contribution in [2.75, 3.05) is 10.8 Å². The van der Waals surface area contributed by atoms with E-state index in [0.717, 1.165) is 16.7 Å². The maximum absolute atomic E-state index is 13.8. The molecule has 4 rings (SSSR count). The predicted molar refractivity (Wildman–Crippen MR) is 137 cm³/mol. The van der Waals surface area contributed by atoms with Crippen molar-refractivity contribution in [2.24, 2.45) is 0 Å². The van der Waals surface area contributed by atoms with Crippen LogP contribution in [-0.4, -0.2) is 26.9 Å². The monoisotopic (exact) mass is 476 g/mol. The number of hydrogen-bond acceptors (Lipinski definition) is 3. The Balaban J connectivity index is 1.61. The number of rotatable bonds is 6. The molecule has 178 valence electrons. The van der Waals surface area contributed by atoms with Gasteiger partial charge in [0.05, 0.1) is 10.6 Å². The van der Waals surface area contributed by atoms with Gasteiger partial charge in [-0.2, -0.15) is 0 Å². The number of carbonyl (C=O) groups is 1. The Morgan fingerprint density at radius 2 is 1.59 bits per heavy atom. The molecule has 1 unspecified atom stereocenters. The zero-order valence-corrected chi connectivity index (χ0v) is 21.0. The highest BCUT2D eigenvalue weighted by atomic mass is 32.2. The van der Waals surface area contributed by atoms with Gasteiger partial charge < -0.3 is 5.32 Å². The van der Waals surface area contributed by atoms with E-state index in [1.54, 1.807) is 18.2 Å². The Morgan fingerprint density at radius 1 is 0.971 bits per heavy atom. The maximum Gasteiger partial charge on any atom is 0.265 e. The van der Waals surface area contributed by atoms with Gasteiger partial charge in [-0.3, -0.25) is 9.10 Å². The lowest BCUT2D eigenvalue weighted by molar-refractivity contribution is -0.122. The van der Waals surface area contributed by atoms with E-state index in [2.05, 4.69) is 26.1 Å². The standard InChI is InChI=1S/C28H32N2O3S/c1-20(21-10-6-5-7-11-21)19-29-27(31)26-18-22-12-8-9-13-25(22)30(26)34(32,33)24-16-14-23(15-17-24)28(2,3)4/h5-17,20,26H,18-19H2,1-4H3,(H,29,31)/t20?,26-/m0/s1.